The van der Waals surface area contributed by atoms with Gasteiger partial charge in [0, 0.05) is 29.2 Å². The second kappa shape index (κ2) is 9.76. The lowest BCUT2D eigenvalue weighted by Gasteiger charge is -2.23. The van der Waals surface area contributed by atoms with Crippen LogP contribution in [-0.2, 0) is 17.8 Å². The summed E-state index contributed by atoms with van der Waals surface area (Å²) >= 11 is 12.6. The molecule has 0 radical (unpaired) electrons. The zero-order valence-corrected chi connectivity index (χ0v) is 22.7. The number of fused-ring (bicyclic) bond motifs is 4. The van der Waals surface area contributed by atoms with Crippen LogP contribution in [0.4, 0.5) is 11.4 Å². The molecule has 2 aromatic carbocycles. The number of hydrogen-bond donors (Lipinski definition) is 0. The normalized spacial score (nSPS) is 17.4. The fourth-order valence-electron chi connectivity index (χ4n) is 4.89. The maximum absolute atomic E-state index is 6.32. The SMILES string of the molecule is CCN1C(=CC=C2OCC[n+]3c2n(CC)c2cc(Cl)ccc23)N(CC)c2cc(Cl)ccc21.[I-]. The van der Waals surface area contributed by atoms with Crippen molar-refractivity contribution in [3.05, 3.63) is 70.2 Å². The van der Waals surface area contributed by atoms with Crippen LogP contribution < -0.4 is 38.3 Å². The molecule has 0 bridgehead atoms. The highest BCUT2D eigenvalue weighted by molar-refractivity contribution is 6.31. The van der Waals surface area contributed by atoms with E-state index >= 15 is 0 Å². The van der Waals surface area contributed by atoms with Gasteiger partial charge in [0.15, 0.2) is 11.0 Å². The average molecular weight is 597 g/mol. The summed E-state index contributed by atoms with van der Waals surface area (Å²) in [6.07, 6.45) is 4.27. The average Bonchev–Trinajstić information content (AvgIpc) is 3.28. The lowest BCUT2D eigenvalue weighted by Crippen LogP contribution is -3.00. The molecule has 2 aliphatic heterocycles. The van der Waals surface area contributed by atoms with Crippen molar-refractivity contribution in [3.8, 4) is 0 Å². The topological polar surface area (TPSA) is 24.5 Å². The molecule has 0 unspecified atom stereocenters. The van der Waals surface area contributed by atoms with Crippen LogP contribution in [0.3, 0.4) is 0 Å². The van der Waals surface area contributed by atoms with Gasteiger partial charge in [-0.1, -0.05) is 23.2 Å². The van der Waals surface area contributed by atoms with E-state index in [2.05, 4.69) is 64.0 Å². The first-order chi connectivity index (χ1) is 15.6. The van der Waals surface area contributed by atoms with Gasteiger partial charge >= 0.3 is 5.82 Å². The smallest absolute Gasteiger partial charge is 0.325 e. The van der Waals surface area contributed by atoms with E-state index in [0.29, 0.717) is 6.61 Å². The van der Waals surface area contributed by atoms with Gasteiger partial charge in [-0.25, -0.2) is 9.13 Å². The molecule has 0 fully saturated rings. The lowest BCUT2D eigenvalue weighted by atomic mass is 10.2. The van der Waals surface area contributed by atoms with Crippen LogP contribution >= 0.6 is 23.2 Å². The summed E-state index contributed by atoms with van der Waals surface area (Å²) in [7, 11) is 0. The van der Waals surface area contributed by atoms with Crippen LogP contribution in [0.1, 0.15) is 26.6 Å². The third-order valence-corrected chi connectivity index (χ3v) is 6.70. The second-order valence-corrected chi connectivity index (χ2v) is 8.75. The van der Waals surface area contributed by atoms with Gasteiger partial charge in [0.1, 0.15) is 19.0 Å². The van der Waals surface area contributed by atoms with Crippen LogP contribution in [-0.4, -0.2) is 24.3 Å². The number of nitrogens with zero attached hydrogens (tertiary/aromatic N) is 4. The van der Waals surface area contributed by atoms with E-state index in [1.807, 2.05) is 24.3 Å². The molecule has 5 rings (SSSR count). The third-order valence-electron chi connectivity index (χ3n) is 6.23. The summed E-state index contributed by atoms with van der Waals surface area (Å²) in [4.78, 5) is 4.62. The Morgan fingerprint density at radius 3 is 2.33 bits per heavy atom. The summed E-state index contributed by atoms with van der Waals surface area (Å²) in [5.41, 5.74) is 4.64. The van der Waals surface area contributed by atoms with Crippen LogP contribution in [0.25, 0.3) is 16.8 Å². The predicted molar refractivity (Wildman–Crippen MR) is 132 cm³/mol. The highest BCUT2D eigenvalue weighted by Gasteiger charge is 2.33. The Morgan fingerprint density at radius 2 is 1.61 bits per heavy atom. The zero-order chi connectivity index (χ0) is 22.4. The van der Waals surface area contributed by atoms with E-state index in [0.717, 1.165) is 64.8 Å². The maximum Gasteiger partial charge on any atom is 0.325 e. The standard InChI is InChI=1S/C25H27Cl2N4O.HI/c1-4-28-19-9-7-17(26)15-21(19)29(5-2)24(28)12-11-23-25-30(6-3)22-16-18(27)8-10-20(22)31(25)13-14-32-23;/h7-12,15-16H,4-6,13-14H2,1-3H3;1H/q+1;/p-1. The molecular formula is C25H27Cl2IN4O. The van der Waals surface area contributed by atoms with Gasteiger partial charge in [-0.2, -0.15) is 0 Å². The van der Waals surface area contributed by atoms with Crippen LogP contribution in [0, 0.1) is 0 Å². The first-order valence-electron chi connectivity index (χ1n) is 11.2. The molecule has 8 heteroatoms. The number of allylic oxidation sites excluding steroid dienone is 2. The number of aryl methyl sites for hydroxylation is 1. The Morgan fingerprint density at radius 1 is 0.909 bits per heavy atom. The molecule has 0 aliphatic carbocycles. The van der Waals surface area contributed by atoms with Crippen molar-refractivity contribution in [2.45, 2.75) is 33.9 Å². The van der Waals surface area contributed by atoms with Crippen molar-refractivity contribution in [2.75, 3.05) is 29.5 Å². The van der Waals surface area contributed by atoms with Gasteiger partial charge in [-0.15, -0.1) is 0 Å². The summed E-state index contributed by atoms with van der Waals surface area (Å²) in [5, 5.41) is 1.50. The fraction of sp³-hybridized carbons (Fsp3) is 0.320. The van der Waals surface area contributed by atoms with Gasteiger partial charge < -0.3 is 38.5 Å². The monoisotopic (exact) mass is 596 g/mol. The Hall–Kier alpha value is -1.90. The van der Waals surface area contributed by atoms with Crippen LogP contribution in [0.2, 0.25) is 10.0 Å². The Kier molecular flexibility index (Phi) is 7.17. The van der Waals surface area contributed by atoms with E-state index in [-0.39, 0.29) is 24.0 Å². The van der Waals surface area contributed by atoms with Crippen molar-refractivity contribution in [1.82, 2.24) is 4.57 Å². The van der Waals surface area contributed by atoms with E-state index in [4.69, 9.17) is 27.9 Å². The van der Waals surface area contributed by atoms with E-state index < -0.39 is 0 Å². The molecule has 0 amide bonds. The van der Waals surface area contributed by atoms with Crippen molar-refractivity contribution >= 4 is 51.4 Å². The van der Waals surface area contributed by atoms with Crippen LogP contribution in [0.15, 0.2) is 54.4 Å². The van der Waals surface area contributed by atoms with E-state index in [9.17, 15) is 0 Å². The summed E-state index contributed by atoms with van der Waals surface area (Å²) in [6, 6.07) is 12.2. The Bertz CT molecular complexity index is 1270. The van der Waals surface area contributed by atoms with Gasteiger partial charge in [0.2, 0.25) is 5.76 Å². The molecule has 3 aromatic rings. The first kappa shape index (κ1) is 24.2. The molecule has 3 heterocycles. The number of aromatic nitrogens is 2. The first-order valence-corrected chi connectivity index (χ1v) is 11.9. The minimum Gasteiger partial charge on any atom is -1.00 e. The lowest BCUT2D eigenvalue weighted by molar-refractivity contribution is -0.682. The molecule has 2 aliphatic rings. The summed E-state index contributed by atoms with van der Waals surface area (Å²) < 4.78 is 10.8. The molecular weight excluding hydrogens is 570 g/mol. The molecule has 5 nitrogen and oxygen atoms in total. The van der Waals surface area contributed by atoms with Gasteiger partial charge in [0.05, 0.1) is 17.9 Å². The highest BCUT2D eigenvalue weighted by atomic mass is 127. The Labute approximate surface area is 221 Å². The number of halogens is 3. The third kappa shape index (κ3) is 4.00. The van der Waals surface area contributed by atoms with Gasteiger partial charge in [0.25, 0.3) is 0 Å². The molecule has 174 valence electrons. The minimum atomic E-state index is 0. The number of ether oxygens (including phenoxy) is 1. The number of imidazole rings is 1. The number of rotatable bonds is 4. The van der Waals surface area contributed by atoms with Crippen molar-refractivity contribution in [2.24, 2.45) is 0 Å². The maximum atomic E-state index is 6.32. The summed E-state index contributed by atoms with van der Waals surface area (Å²) in [6.45, 7) is 10.5. The van der Waals surface area contributed by atoms with Crippen molar-refractivity contribution in [1.29, 1.82) is 0 Å². The largest absolute Gasteiger partial charge is 1.00 e. The Balaban J connectivity index is 0.00000259. The predicted octanol–water partition coefficient (Wildman–Crippen LogP) is 2.84. The molecule has 0 spiro atoms. The molecule has 0 atom stereocenters. The van der Waals surface area contributed by atoms with Crippen LogP contribution in [0.5, 0.6) is 0 Å². The quantitative estimate of drug-likeness (QED) is 0.342. The van der Waals surface area contributed by atoms with E-state index in [1.54, 1.807) is 0 Å². The molecule has 0 N–H and O–H groups in total. The molecule has 0 saturated heterocycles. The van der Waals surface area contributed by atoms with Crippen molar-refractivity contribution in [3.63, 3.8) is 0 Å². The second-order valence-electron chi connectivity index (χ2n) is 7.88. The minimum absolute atomic E-state index is 0. The zero-order valence-electron chi connectivity index (χ0n) is 19.0. The van der Waals surface area contributed by atoms with Gasteiger partial charge in [-0.3, -0.25) is 0 Å². The van der Waals surface area contributed by atoms with E-state index in [1.165, 1.54) is 11.2 Å². The molecule has 1 aromatic heterocycles. The molecule has 0 saturated carbocycles. The number of benzene rings is 2. The summed E-state index contributed by atoms with van der Waals surface area (Å²) in [5.74, 6) is 3.08. The number of anilines is 2. The fourth-order valence-corrected chi connectivity index (χ4v) is 5.22. The van der Waals surface area contributed by atoms with Gasteiger partial charge in [-0.05, 0) is 63.3 Å². The highest BCUT2D eigenvalue weighted by Crippen LogP contribution is 2.42. The molecule has 33 heavy (non-hydrogen) atoms. The number of hydrogen-bond acceptors (Lipinski definition) is 3. The van der Waals surface area contributed by atoms with Crippen molar-refractivity contribution < 1.29 is 33.3 Å².